The predicted octanol–water partition coefficient (Wildman–Crippen LogP) is 1.49. The van der Waals surface area contributed by atoms with Gasteiger partial charge in [0.25, 0.3) is 0 Å². The van der Waals surface area contributed by atoms with Crippen molar-refractivity contribution in [3.63, 3.8) is 0 Å². The molecule has 0 aromatic carbocycles. The highest BCUT2D eigenvalue weighted by Gasteiger charge is 2.02. The summed E-state index contributed by atoms with van der Waals surface area (Å²) < 4.78 is 0. The molecular weight excluding hydrogens is 138 g/mol. The molecule has 1 aromatic heterocycles. The van der Waals surface area contributed by atoms with Crippen molar-refractivity contribution in [2.24, 2.45) is 0 Å². The van der Waals surface area contributed by atoms with E-state index in [1.165, 1.54) is 0 Å². The second kappa shape index (κ2) is 3.49. The van der Waals surface area contributed by atoms with E-state index < -0.39 is 0 Å². The summed E-state index contributed by atoms with van der Waals surface area (Å²) in [5, 5.41) is 8.85. The van der Waals surface area contributed by atoms with E-state index in [2.05, 4.69) is 4.98 Å². The summed E-state index contributed by atoms with van der Waals surface area (Å²) in [4.78, 5) is 4.04. The zero-order valence-electron chi connectivity index (χ0n) is 6.91. The molecule has 1 heterocycles. The minimum atomic E-state index is 0.186. The number of rotatable bonds is 2. The highest BCUT2D eigenvalue weighted by molar-refractivity contribution is 5.19. The maximum Gasteiger partial charge on any atom is 0.0497 e. The van der Waals surface area contributed by atoms with Crippen LogP contribution in [-0.2, 0) is 0 Å². The average molecular weight is 151 g/mol. The summed E-state index contributed by atoms with van der Waals surface area (Å²) >= 11 is 0. The molecule has 1 unspecified atom stereocenters. The number of aliphatic hydroxyl groups excluding tert-OH is 1. The van der Waals surface area contributed by atoms with Crippen LogP contribution in [0.4, 0.5) is 0 Å². The molecule has 1 rings (SSSR count). The van der Waals surface area contributed by atoms with Crippen LogP contribution in [0.15, 0.2) is 18.5 Å². The van der Waals surface area contributed by atoms with Gasteiger partial charge in [0.2, 0.25) is 0 Å². The molecule has 60 valence electrons. The van der Waals surface area contributed by atoms with Crippen molar-refractivity contribution >= 4 is 0 Å². The van der Waals surface area contributed by atoms with Crippen LogP contribution in [-0.4, -0.2) is 16.7 Å². The van der Waals surface area contributed by atoms with Gasteiger partial charge in [0.1, 0.15) is 0 Å². The predicted molar refractivity (Wildman–Crippen MR) is 44.5 cm³/mol. The molecule has 0 spiro atoms. The standard InChI is InChI=1S/C9H13NO/c1-7-3-9(5-10-4-7)8(2)6-11/h3-5,8,11H,6H2,1-2H3. The Morgan fingerprint density at radius 2 is 2.27 bits per heavy atom. The molecule has 0 fully saturated rings. The highest BCUT2D eigenvalue weighted by atomic mass is 16.3. The van der Waals surface area contributed by atoms with E-state index in [0.29, 0.717) is 0 Å². The fraction of sp³-hybridized carbons (Fsp3) is 0.444. The van der Waals surface area contributed by atoms with Crippen LogP contribution in [0.25, 0.3) is 0 Å². The summed E-state index contributed by atoms with van der Waals surface area (Å²) in [5.41, 5.74) is 2.25. The molecule has 0 radical (unpaired) electrons. The molecule has 1 N–H and O–H groups in total. The van der Waals surface area contributed by atoms with Gasteiger partial charge in [0.05, 0.1) is 0 Å². The maximum absolute atomic E-state index is 8.85. The molecule has 2 nitrogen and oxygen atoms in total. The second-order valence-electron chi connectivity index (χ2n) is 2.88. The lowest BCUT2D eigenvalue weighted by molar-refractivity contribution is 0.273. The Hall–Kier alpha value is -0.890. The van der Waals surface area contributed by atoms with E-state index in [-0.39, 0.29) is 12.5 Å². The summed E-state index contributed by atoms with van der Waals surface area (Å²) in [7, 11) is 0. The third kappa shape index (κ3) is 2.02. The largest absolute Gasteiger partial charge is 0.396 e. The van der Waals surface area contributed by atoms with Gasteiger partial charge in [-0.3, -0.25) is 4.98 Å². The summed E-state index contributed by atoms with van der Waals surface area (Å²) in [6.45, 7) is 4.17. The van der Waals surface area contributed by atoms with Gasteiger partial charge in [-0.25, -0.2) is 0 Å². The topological polar surface area (TPSA) is 33.1 Å². The number of aromatic nitrogens is 1. The number of hydrogen-bond acceptors (Lipinski definition) is 2. The van der Waals surface area contributed by atoms with Crippen LogP contribution in [0.2, 0.25) is 0 Å². The zero-order valence-corrected chi connectivity index (χ0v) is 6.91. The van der Waals surface area contributed by atoms with Gasteiger partial charge in [-0.1, -0.05) is 13.0 Å². The van der Waals surface area contributed by atoms with Gasteiger partial charge in [0, 0.05) is 24.9 Å². The summed E-state index contributed by atoms with van der Waals surface area (Å²) in [5.74, 6) is 0.197. The molecule has 1 aromatic rings. The van der Waals surface area contributed by atoms with Gasteiger partial charge >= 0.3 is 0 Å². The van der Waals surface area contributed by atoms with E-state index in [1.807, 2.05) is 26.1 Å². The fourth-order valence-electron chi connectivity index (χ4n) is 0.953. The Labute approximate surface area is 66.9 Å². The van der Waals surface area contributed by atoms with Gasteiger partial charge in [-0.05, 0) is 18.1 Å². The lowest BCUT2D eigenvalue weighted by atomic mass is 10.0. The molecule has 0 amide bonds. The number of hydrogen-bond donors (Lipinski definition) is 1. The highest BCUT2D eigenvalue weighted by Crippen LogP contribution is 2.13. The van der Waals surface area contributed by atoms with Crippen molar-refractivity contribution in [3.05, 3.63) is 29.6 Å². The third-order valence-electron chi connectivity index (χ3n) is 1.74. The summed E-state index contributed by atoms with van der Waals surface area (Å²) in [6, 6.07) is 2.05. The van der Waals surface area contributed by atoms with Crippen LogP contribution in [0, 0.1) is 6.92 Å². The van der Waals surface area contributed by atoms with E-state index >= 15 is 0 Å². The van der Waals surface area contributed by atoms with Crippen molar-refractivity contribution in [3.8, 4) is 0 Å². The van der Waals surface area contributed by atoms with Crippen molar-refractivity contribution in [2.45, 2.75) is 19.8 Å². The molecule has 0 aliphatic rings. The van der Waals surface area contributed by atoms with Gasteiger partial charge in [-0.2, -0.15) is 0 Å². The number of pyridine rings is 1. The van der Waals surface area contributed by atoms with Gasteiger partial charge in [0.15, 0.2) is 0 Å². The van der Waals surface area contributed by atoms with E-state index in [4.69, 9.17) is 5.11 Å². The lowest BCUT2D eigenvalue weighted by Crippen LogP contribution is -1.99. The lowest BCUT2D eigenvalue weighted by Gasteiger charge is -2.07. The number of nitrogens with zero attached hydrogens (tertiary/aromatic N) is 1. The molecule has 0 bridgehead atoms. The normalized spacial score (nSPS) is 13.0. The fourth-order valence-corrected chi connectivity index (χ4v) is 0.953. The first kappa shape index (κ1) is 8.21. The molecule has 0 aliphatic heterocycles. The van der Waals surface area contributed by atoms with Crippen LogP contribution in [0.5, 0.6) is 0 Å². The van der Waals surface area contributed by atoms with Crippen molar-refractivity contribution in [1.82, 2.24) is 4.98 Å². The molecule has 11 heavy (non-hydrogen) atoms. The Morgan fingerprint density at radius 3 is 2.82 bits per heavy atom. The average Bonchev–Trinajstić information content (AvgIpc) is 2.03. The van der Waals surface area contributed by atoms with Crippen LogP contribution in [0.1, 0.15) is 24.0 Å². The van der Waals surface area contributed by atoms with Crippen LogP contribution >= 0.6 is 0 Å². The maximum atomic E-state index is 8.85. The first-order chi connectivity index (χ1) is 5.24. The molecule has 1 atom stereocenters. The second-order valence-corrected chi connectivity index (χ2v) is 2.88. The molecule has 0 saturated carbocycles. The Bertz CT molecular complexity index is 235. The van der Waals surface area contributed by atoms with Crippen molar-refractivity contribution < 1.29 is 5.11 Å². The number of aliphatic hydroxyl groups is 1. The van der Waals surface area contributed by atoms with Crippen molar-refractivity contribution in [1.29, 1.82) is 0 Å². The molecule has 2 heteroatoms. The monoisotopic (exact) mass is 151 g/mol. The van der Waals surface area contributed by atoms with Gasteiger partial charge in [-0.15, -0.1) is 0 Å². The minimum Gasteiger partial charge on any atom is -0.396 e. The Balaban J connectivity index is 2.86. The first-order valence-corrected chi connectivity index (χ1v) is 3.76. The minimum absolute atomic E-state index is 0.186. The van der Waals surface area contributed by atoms with Crippen LogP contribution in [0.3, 0.4) is 0 Å². The molecule has 0 saturated heterocycles. The Kier molecular flexibility index (Phi) is 2.60. The SMILES string of the molecule is Cc1cncc(C(C)CO)c1. The Morgan fingerprint density at radius 1 is 1.55 bits per heavy atom. The van der Waals surface area contributed by atoms with Crippen LogP contribution < -0.4 is 0 Å². The van der Waals surface area contributed by atoms with E-state index in [9.17, 15) is 0 Å². The van der Waals surface area contributed by atoms with E-state index in [1.54, 1.807) is 6.20 Å². The quantitative estimate of drug-likeness (QED) is 0.694. The van der Waals surface area contributed by atoms with E-state index in [0.717, 1.165) is 11.1 Å². The molecule has 0 aliphatic carbocycles. The summed E-state index contributed by atoms with van der Waals surface area (Å²) in [6.07, 6.45) is 3.61. The van der Waals surface area contributed by atoms with Gasteiger partial charge < -0.3 is 5.11 Å². The van der Waals surface area contributed by atoms with Crippen molar-refractivity contribution in [2.75, 3.05) is 6.61 Å². The molecular formula is C9H13NO. The first-order valence-electron chi connectivity index (χ1n) is 3.76. The number of aryl methyl sites for hydroxylation is 1. The zero-order chi connectivity index (χ0) is 8.27. The smallest absolute Gasteiger partial charge is 0.0497 e. The third-order valence-corrected chi connectivity index (χ3v) is 1.74.